The van der Waals surface area contributed by atoms with Gasteiger partial charge in [-0.25, -0.2) is 4.98 Å². The van der Waals surface area contributed by atoms with Crippen LogP contribution in [0.15, 0.2) is 182 Å². The number of hydrogen-bond acceptors (Lipinski definition) is 1. The number of rotatable bonds is 7. The predicted molar refractivity (Wildman–Crippen MR) is 214 cm³/mol. The molecule has 0 unspecified atom stereocenters. The summed E-state index contributed by atoms with van der Waals surface area (Å²) >= 11 is 0. The molecule has 0 aliphatic carbocycles. The van der Waals surface area contributed by atoms with Crippen molar-refractivity contribution in [3.05, 3.63) is 187 Å². The number of allylic oxidation sites excluding steroid dienone is 5. The molecular formula is C48H38N2. The van der Waals surface area contributed by atoms with E-state index < -0.39 is 0 Å². The molecule has 0 fully saturated rings. The molecule has 8 rings (SSSR count). The Kier molecular flexibility index (Phi) is 8.06. The topological polar surface area (TPSA) is 17.3 Å². The number of aromatic nitrogens is 2. The molecule has 0 saturated carbocycles. The molecule has 50 heavy (non-hydrogen) atoms. The minimum Gasteiger partial charge on any atom is -0.299 e. The van der Waals surface area contributed by atoms with Gasteiger partial charge in [-0.15, -0.1) is 0 Å². The van der Waals surface area contributed by atoms with Gasteiger partial charge in [0.25, 0.3) is 0 Å². The molecular weight excluding hydrogens is 605 g/mol. The molecule has 240 valence electrons. The molecule has 6 aromatic carbocycles. The highest BCUT2D eigenvalue weighted by molar-refractivity contribution is 6.14. The van der Waals surface area contributed by atoms with Crippen LogP contribution >= 0.6 is 0 Å². The summed E-state index contributed by atoms with van der Waals surface area (Å²) in [6, 6.07) is 52.4. The predicted octanol–water partition coefficient (Wildman–Crippen LogP) is 13.2. The SMILES string of the molecule is C=C(C)/C=C(\C=C(C)C)c1cc(-c2cccc(-c3c(-c4ccccc4)nc4ccccn34)c2)cc(-c2cc3ccccc3c3ccccc23)c1. The second kappa shape index (κ2) is 13.0. The van der Waals surface area contributed by atoms with E-state index in [1.165, 1.54) is 38.2 Å². The van der Waals surface area contributed by atoms with Crippen LogP contribution < -0.4 is 0 Å². The van der Waals surface area contributed by atoms with Gasteiger partial charge in [0.05, 0.1) is 11.4 Å². The number of benzene rings is 6. The summed E-state index contributed by atoms with van der Waals surface area (Å²) in [5.74, 6) is 0. The zero-order valence-corrected chi connectivity index (χ0v) is 28.7. The van der Waals surface area contributed by atoms with E-state index >= 15 is 0 Å². The van der Waals surface area contributed by atoms with Gasteiger partial charge in [0.1, 0.15) is 5.65 Å². The summed E-state index contributed by atoms with van der Waals surface area (Å²) in [6.45, 7) is 10.6. The number of imidazole rings is 1. The Morgan fingerprint density at radius 1 is 0.560 bits per heavy atom. The van der Waals surface area contributed by atoms with Crippen LogP contribution in [0.25, 0.3) is 77.5 Å². The lowest BCUT2D eigenvalue weighted by molar-refractivity contribution is 1.19. The average molecular weight is 643 g/mol. The van der Waals surface area contributed by atoms with Crippen molar-refractivity contribution < 1.29 is 0 Å². The Morgan fingerprint density at radius 2 is 1.22 bits per heavy atom. The fraction of sp³-hybridized carbons (Fsp3) is 0.0625. The molecule has 2 nitrogen and oxygen atoms in total. The molecule has 2 heterocycles. The van der Waals surface area contributed by atoms with Crippen molar-refractivity contribution in [3.8, 4) is 44.8 Å². The van der Waals surface area contributed by atoms with Crippen molar-refractivity contribution in [2.75, 3.05) is 0 Å². The van der Waals surface area contributed by atoms with Crippen LogP contribution in [0.1, 0.15) is 26.3 Å². The highest BCUT2D eigenvalue weighted by Gasteiger charge is 2.18. The monoisotopic (exact) mass is 642 g/mol. The van der Waals surface area contributed by atoms with E-state index in [-0.39, 0.29) is 0 Å². The molecule has 0 saturated heterocycles. The minimum absolute atomic E-state index is 0.926. The molecule has 0 bridgehead atoms. The van der Waals surface area contributed by atoms with E-state index in [1.54, 1.807) is 0 Å². The summed E-state index contributed by atoms with van der Waals surface area (Å²) in [7, 11) is 0. The van der Waals surface area contributed by atoms with E-state index in [1.807, 2.05) is 6.07 Å². The van der Waals surface area contributed by atoms with Crippen LogP contribution in [0.2, 0.25) is 0 Å². The molecule has 0 aliphatic rings. The van der Waals surface area contributed by atoms with Crippen LogP contribution in [-0.2, 0) is 0 Å². The lowest BCUT2D eigenvalue weighted by Gasteiger charge is -2.16. The second-order valence-corrected chi connectivity index (χ2v) is 13.3. The molecule has 0 aliphatic heterocycles. The summed E-state index contributed by atoms with van der Waals surface area (Å²) in [6.07, 6.45) is 6.56. The molecule has 8 aromatic rings. The third-order valence-electron chi connectivity index (χ3n) is 9.24. The summed E-state index contributed by atoms with van der Waals surface area (Å²) in [4.78, 5) is 5.10. The maximum atomic E-state index is 5.10. The Bertz CT molecular complexity index is 2630. The minimum atomic E-state index is 0.926. The third-order valence-corrected chi connectivity index (χ3v) is 9.24. The molecule has 0 amide bonds. The molecule has 0 N–H and O–H groups in total. The molecule has 2 heteroatoms. The van der Waals surface area contributed by atoms with Crippen molar-refractivity contribution in [1.82, 2.24) is 9.38 Å². The first-order valence-corrected chi connectivity index (χ1v) is 17.1. The van der Waals surface area contributed by atoms with Gasteiger partial charge >= 0.3 is 0 Å². The van der Waals surface area contributed by atoms with Gasteiger partial charge in [0, 0.05) is 17.3 Å². The summed E-state index contributed by atoms with van der Waals surface area (Å²) in [5, 5.41) is 5.01. The van der Waals surface area contributed by atoms with E-state index in [0.717, 1.165) is 56.0 Å². The van der Waals surface area contributed by atoms with Gasteiger partial charge in [-0.2, -0.15) is 0 Å². The van der Waals surface area contributed by atoms with Crippen molar-refractivity contribution in [3.63, 3.8) is 0 Å². The van der Waals surface area contributed by atoms with E-state index in [4.69, 9.17) is 4.98 Å². The maximum absolute atomic E-state index is 5.10. The number of pyridine rings is 1. The van der Waals surface area contributed by atoms with Gasteiger partial charge in [-0.1, -0.05) is 133 Å². The Balaban J connectivity index is 1.38. The highest BCUT2D eigenvalue weighted by atomic mass is 15.0. The molecule has 0 radical (unpaired) electrons. The summed E-state index contributed by atoms with van der Waals surface area (Å²) < 4.78 is 2.20. The smallest absolute Gasteiger partial charge is 0.137 e. The van der Waals surface area contributed by atoms with Crippen LogP contribution in [0.4, 0.5) is 0 Å². The fourth-order valence-corrected chi connectivity index (χ4v) is 7.11. The number of nitrogens with zero attached hydrogens (tertiary/aromatic N) is 2. The van der Waals surface area contributed by atoms with Crippen molar-refractivity contribution in [1.29, 1.82) is 0 Å². The maximum Gasteiger partial charge on any atom is 0.137 e. The van der Waals surface area contributed by atoms with Crippen LogP contribution in [0, 0.1) is 0 Å². The Morgan fingerprint density at radius 3 is 2.02 bits per heavy atom. The van der Waals surface area contributed by atoms with Crippen LogP contribution in [-0.4, -0.2) is 9.38 Å². The van der Waals surface area contributed by atoms with Crippen LogP contribution in [0.3, 0.4) is 0 Å². The van der Waals surface area contributed by atoms with E-state index in [9.17, 15) is 0 Å². The zero-order valence-electron chi connectivity index (χ0n) is 28.7. The molecule has 0 spiro atoms. The Hall–Kier alpha value is -6.25. The van der Waals surface area contributed by atoms with E-state index in [0.29, 0.717) is 0 Å². The van der Waals surface area contributed by atoms with Gasteiger partial charge < -0.3 is 0 Å². The standard InChI is InChI=1S/C48H38N2/c1-32(2)25-38(26-33(3)4)40-28-39(29-41(30-40)45-31-36-17-8-9-20-42(36)43-21-10-11-22-44(43)45)35-18-14-19-37(27-35)48-47(34-15-6-5-7-16-34)49-46-23-12-13-24-50(46)48/h5-31H,1H2,2-4H3/b38-25+. The first-order chi connectivity index (χ1) is 24.4. The van der Waals surface area contributed by atoms with Gasteiger partial charge in [-0.05, 0) is 118 Å². The summed E-state index contributed by atoms with van der Waals surface area (Å²) in [5.41, 5.74) is 14.5. The van der Waals surface area contributed by atoms with Crippen LogP contribution in [0.5, 0.6) is 0 Å². The van der Waals surface area contributed by atoms with Gasteiger partial charge in [0.15, 0.2) is 0 Å². The second-order valence-electron chi connectivity index (χ2n) is 13.3. The fourth-order valence-electron chi connectivity index (χ4n) is 7.11. The average Bonchev–Trinajstić information content (AvgIpc) is 3.54. The van der Waals surface area contributed by atoms with Crippen molar-refractivity contribution in [2.45, 2.75) is 20.8 Å². The lowest BCUT2D eigenvalue weighted by atomic mass is 9.88. The zero-order chi connectivity index (χ0) is 34.2. The molecule has 0 atom stereocenters. The first-order valence-electron chi connectivity index (χ1n) is 17.1. The number of hydrogen-bond donors (Lipinski definition) is 0. The first kappa shape index (κ1) is 31.0. The normalized spacial score (nSPS) is 11.7. The van der Waals surface area contributed by atoms with Crippen molar-refractivity contribution >= 4 is 32.8 Å². The van der Waals surface area contributed by atoms with Gasteiger partial charge in [0.2, 0.25) is 0 Å². The van der Waals surface area contributed by atoms with Gasteiger partial charge in [-0.3, -0.25) is 4.40 Å². The lowest BCUT2D eigenvalue weighted by Crippen LogP contribution is -1.92. The van der Waals surface area contributed by atoms with E-state index in [2.05, 4.69) is 190 Å². The number of fused-ring (bicyclic) bond motifs is 4. The largest absolute Gasteiger partial charge is 0.299 e. The quantitative estimate of drug-likeness (QED) is 0.125. The van der Waals surface area contributed by atoms with Crippen molar-refractivity contribution in [2.24, 2.45) is 0 Å². The third kappa shape index (κ3) is 5.86. The molecule has 2 aromatic heterocycles. The highest BCUT2D eigenvalue weighted by Crippen LogP contribution is 2.40. The Labute approximate surface area is 294 Å².